The Morgan fingerprint density at radius 1 is 1.12 bits per heavy atom. The maximum absolute atomic E-state index is 13.8. The van der Waals surface area contributed by atoms with Crippen LogP contribution in [0.5, 0.6) is 0 Å². The monoisotopic (exact) mass is 239 g/mol. The standard InChI is InChI=1S/C14H22FNO/c1-9-2-4-10(5-3-9)11-6-13(15)12(8-16)14(17)7-11/h9-14,17H,2-7H2,1H3/t9?,10?,11-,12?,13?,14?/m0/s1. The highest BCUT2D eigenvalue weighted by Gasteiger charge is 2.40. The van der Waals surface area contributed by atoms with Gasteiger partial charge in [-0.1, -0.05) is 19.8 Å². The summed E-state index contributed by atoms with van der Waals surface area (Å²) in [7, 11) is 0. The highest BCUT2D eigenvalue weighted by atomic mass is 19.1. The van der Waals surface area contributed by atoms with E-state index in [4.69, 9.17) is 5.26 Å². The number of halogens is 1. The van der Waals surface area contributed by atoms with Crippen LogP contribution in [-0.4, -0.2) is 17.4 Å². The molecule has 0 bridgehead atoms. The van der Waals surface area contributed by atoms with Gasteiger partial charge in [-0.05, 0) is 43.4 Å². The van der Waals surface area contributed by atoms with Crippen molar-refractivity contribution < 1.29 is 9.50 Å². The average Bonchev–Trinajstić information content (AvgIpc) is 2.29. The number of aliphatic hydroxyl groups is 1. The van der Waals surface area contributed by atoms with Gasteiger partial charge in [0.15, 0.2) is 0 Å². The zero-order valence-corrected chi connectivity index (χ0v) is 10.5. The highest BCUT2D eigenvalue weighted by Crippen LogP contribution is 2.42. The van der Waals surface area contributed by atoms with Crippen LogP contribution >= 0.6 is 0 Å². The summed E-state index contributed by atoms with van der Waals surface area (Å²) in [6.45, 7) is 2.27. The summed E-state index contributed by atoms with van der Waals surface area (Å²) in [5.41, 5.74) is 0. The van der Waals surface area contributed by atoms with E-state index in [2.05, 4.69) is 6.92 Å². The average molecular weight is 239 g/mol. The first-order valence-electron chi connectivity index (χ1n) is 6.83. The van der Waals surface area contributed by atoms with Gasteiger partial charge in [0.05, 0.1) is 12.2 Å². The third-order valence-electron chi connectivity index (χ3n) is 4.75. The van der Waals surface area contributed by atoms with Crippen LogP contribution in [0.3, 0.4) is 0 Å². The minimum absolute atomic E-state index is 0.289. The number of hydrogen-bond donors (Lipinski definition) is 1. The number of nitriles is 1. The van der Waals surface area contributed by atoms with Crippen LogP contribution in [-0.2, 0) is 0 Å². The molecule has 0 aromatic rings. The summed E-state index contributed by atoms with van der Waals surface area (Å²) >= 11 is 0. The Morgan fingerprint density at radius 2 is 1.76 bits per heavy atom. The van der Waals surface area contributed by atoms with Gasteiger partial charge in [0.1, 0.15) is 12.1 Å². The Labute approximate surface area is 103 Å². The van der Waals surface area contributed by atoms with Crippen molar-refractivity contribution in [1.82, 2.24) is 0 Å². The van der Waals surface area contributed by atoms with Crippen LogP contribution in [0.15, 0.2) is 0 Å². The number of alkyl halides is 1. The summed E-state index contributed by atoms with van der Waals surface area (Å²) in [6, 6.07) is 1.91. The van der Waals surface area contributed by atoms with E-state index in [0.717, 1.165) is 5.92 Å². The maximum atomic E-state index is 13.8. The second-order valence-electron chi connectivity index (χ2n) is 5.99. The number of aliphatic hydroxyl groups excluding tert-OH is 1. The summed E-state index contributed by atoms with van der Waals surface area (Å²) in [5, 5.41) is 18.6. The molecule has 0 spiro atoms. The molecule has 2 rings (SSSR count). The SMILES string of the molecule is CC1CCC([C@@H]2CC(O)C(C#N)C(F)C2)CC1. The minimum Gasteiger partial charge on any atom is -0.392 e. The highest BCUT2D eigenvalue weighted by molar-refractivity contribution is 4.99. The van der Waals surface area contributed by atoms with Gasteiger partial charge < -0.3 is 5.11 Å². The zero-order chi connectivity index (χ0) is 12.4. The predicted molar refractivity (Wildman–Crippen MR) is 63.9 cm³/mol. The van der Waals surface area contributed by atoms with E-state index in [9.17, 15) is 9.50 Å². The fourth-order valence-electron chi connectivity index (χ4n) is 3.54. The lowest BCUT2D eigenvalue weighted by Gasteiger charge is -2.39. The summed E-state index contributed by atoms with van der Waals surface area (Å²) in [6.07, 6.45) is 4.02. The molecule has 0 radical (unpaired) electrons. The lowest BCUT2D eigenvalue weighted by molar-refractivity contribution is -0.00546. The molecule has 0 amide bonds. The molecule has 3 heteroatoms. The third-order valence-corrected chi connectivity index (χ3v) is 4.75. The Balaban J connectivity index is 1.93. The molecule has 0 heterocycles. The first-order valence-corrected chi connectivity index (χ1v) is 6.83. The lowest BCUT2D eigenvalue weighted by Crippen LogP contribution is -2.40. The normalized spacial score (nSPS) is 47.4. The van der Waals surface area contributed by atoms with Crippen molar-refractivity contribution in [3.63, 3.8) is 0 Å². The minimum atomic E-state index is -1.13. The Hall–Kier alpha value is -0.620. The van der Waals surface area contributed by atoms with Crippen LogP contribution in [0.1, 0.15) is 45.4 Å². The van der Waals surface area contributed by atoms with Crippen LogP contribution in [0.2, 0.25) is 0 Å². The van der Waals surface area contributed by atoms with E-state index in [-0.39, 0.29) is 5.92 Å². The molecule has 0 aromatic carbocycles. The number of nitrogens with zero attached hydrogens (tertiary/aromatic N) is 1. The van der Waals surface area contributed by atoms with Gasteiger partial charge in [-0.25, -0.2) is 4.39 Å². The quantitative estimate of drug-likeness (QED) is 0.764. The lowest BCUT2D eigenvalue weighted by atomic mass is 9.68. The number of rotatable bonds is 1. The van der Waals surface area contributed by atoms with Gasteiger partial charge in [-0.15, -0.1) is 0 Å². The van der Waals surface area contributed by atoms with Crippen LogP contribution in [0, 0.1) is 35.0 Å². The first-order chi connectivity index (χ1) is 8.11. The number of hydrogen-bond acceptors (Lipinski definition) is 2. The van der Waals surface area contributed by atoms with Crippen molar-refractivity contribution in [3.8, 4) is 6.07 Å². The molecule has 2 fully saturated rings. The van der Waals surface area contributed by atoms with Crippen molar-refractivity contribution >= 4 is 0 Å². The second kappa shape index (κ2) is 5.35. The van der Waals surface area contributed by atoms with E-state index in [1.54, 1.807) is 0 Å². The van der Waals surface area contributed by atoms with E-state index >= 15 is 0 Å². The van der Waals surface area contributed by atoms with Crippen LogP contribution in [0.4, 0.5) is 4.39 Å². The predicted octanol–water partition coefficient (Wildman–Crippen LogP) is 3.06. The topological polar surface area (TPSA) is 44.0 Å². The largest absolute Gasteiger partial charge is 0.392 e. The fourth-order valence-corrected chi connectivity index (χ4v) is 3.54. The van der Waals surface area contributed by atoms with E-state index in [1.165, 1.54) is 25.7 Å². The van der Waals surface area contributed by atoms with Gasteiger partial charge in [0, 0.05) is 0 Å². The van der Waals surface area contributed by atoms with Gasteiger partial charge in [-0.2, -0.15) is 5.26 Å². The van der Waals surface area contributed by atoms with Gasteiger partial charge >= 0.3 is 0 Å². The molecule has 0 saturated heterocycles. The molecular formula is C14H22FNO. The fraction of sp³-hybridized carbons (Fsp3) is 0.929. The first kappa shape index (κ1) is 12.8. The smallest absolute Gasteiger partial charge is 0.119 e. The van der Waals surface area contributed by atoms with E-state index < -0.39 is 18.2 Å². The third kappa shape index (κ3) is 2.80. The molecule has 96 valence electrons. The summed E-state index contributed by atoms with van der Waals surface area (Å²) in [4.78, 5) is 0. The van der Waals surface area contributed by atoms with Crippen molar-refractivity contribution in [2.45, 2.75) is 57.7 Å². The Morgan fingerprint density at radius 3 is 2.29 bits per heavy atom. The Kier molecular flexibility index (Phi) is 4.04. The van der Waals surface area contributed by atoms with Crippen LogP contribution < -0.4 is 0 Å². The molecule has 2 nitrogen and oxygen atoms in total. The molecule has 0 aromatic heterocycles. The molecule has 2 aliphatic rings. The zero-order valence-electron chi connectivity index (χ0n) is 10.5. The summed E-state index contributed by atoms with van der Waals surface area (Å²) < 4.78 is 13.8. The second-order valence-corrected chi connectivity index (χ2v) is 5.99. The van der Waals surface area contributed by atoms with E-state index in [1.807, 2.05) is 6.07 Å². The van der Waals surface area contributed by atoms with Gasteiger partial charge in [-0.3, -0.25) is 0 Å². The van der Waals surface area contributed by atoms with Crippen LogP contribution in [0.25, 0.3) is 0 Å². The van der Waals surface area contributed by atoms with Crippen molar-refractivity contribution in [2.75, 3.05) is 0 Å². The molecule has 2 aliphatic carbocycles. The van der Waals surface area contributed by atoms with E-state index in [0.29, 0.717) is 18.8 Å². The molecule has 0 aliphatic heterocycles. The van der Waals surface area contributed by atoms with Crippen molar-refractivity contribution in [2.24, 2.45) is 23.7 Å². The van der Waals surface area contributed by atoms with Gasteiger partial charge in [0.2, 0.25) is 0 Å². The Bertz CT molecular complexity index is 281. The van der Waals surface area contributed by atoms with Crippen molar-refractivity contribution in [3.05, 3.63) is 0 Å². The molecule has 3 unspecified atom stereocenters. The van der Waals surface area contributed by atoms with Gasteiger partial charge in [0.25, 0.3) is 0 Å². The molecular weight excluding hydrogens is 217 g/mol. The molecule has 4 atom stereocenters. The molecule has 17 heavy (non-hydrogen) atoms. The summed E-state index contributed by atoms with van der Waals surface area (Å²) in [5.74, 6) is 0.859. The maximum Gasteiger partial charge on any atom is 0.119 e. The van der Waals surface area contributed by atoms with Crippen molar-refractivity contribution in [1.29, 1.82) is 5.26 Å². The molecule has 1 N–H and O–H groups in total. The molecule has 2 saturated carbocycles.